The summed E-state index contributed by atoms with van der Waals surface area (Å²) in [5.74, 6) is 1.26. The van der Waals surface area contributed by atoms with Gasteiger partial charge in [0.2, 0.25) is 11.8 Å². The maximum Gasteiger partial charge on any atom is 0.331 e. The Morgan fingerprint density at radius 3 is 2.31 bits per heavy atom. The summed E-state index contributed by atoms with van der Waals surface area (Å²) in [7, 11) is 3.06. The molecule has 2 aromatic heterocycles. The van der Waals surface area contributed by atoms with E-state index >= 15 is 0 Å². The molecule has 7 heteroatoms. The predicted molar refractivity (Wildman–Crippen MR) is 95.5 cm³/mol. The molecule has 7 nitrogen and oxygen atoms in total. The van der Waals surface area contributed by atoms with E-state index in [0.717, 1.165) is 4.52 Å². The minimum absolute atomic E-state index is 0.0670. The SMILES string of the molecule is COc1ccc(-c2nn3c(=O)c(-c4ccccc4)c(OC)nc3o2)cc1. The Labute approximate surface area is 148 Å². The molecule has 0 bridgehead atoms. The van der Waals surface area contributed by atoms with Gasteiger partial charge in [0, 0.05) is 5.56 Å². The molecule has 0 N–H and O–H groups in total. The van der Waals surface area contributed by atoms with Gasteiger partial charge in [-0.05, 0) is 29.8 Å². The average molecular weight is 349 g/mol. The van der Waals surface area contributed by atoms with Crippen molar-refractivity contribution >= 4 is 5.84 Å². The number of hydrogen-bond acceptors (Lipinski definition) is 6. The molecule has 0 saturated heterocycles. The summed E-state index contributed by atoms with van der Waals surface area (Å²) in [5.41, 5.74) is 1.38. The van der Waals surface area contributed by atoms with E-state index in [1.165, 1.54) is 7.11 Å². The van der Waals surface area contributed by atoms with E-state index < -0.39 is 0 Å². The van der Waals surface area contributed by atoms with Crippen molar-refractivity contribution in [2.75, 3.05) is 14.2 Å². The summed E-state index contributed by atoms with van der Waals surface area (Å²) in [4.78, 5) is 17.3. The molecule has 0 spiro atoms. The van der Waals surface area contributed by atoms with Gasteiger partial charge in [-0.1, -0.05) is 30.3 Å². The Morgan fingerprint density at radius 1 is 0.923 bits per heavy atom. The fourth-order valence-corrected chi connectivity index (χ4v) is 2.68. The number of fused-ring (bicyclic) bond motifs is 1. The van der Waals surface area contributed by atoms with Crippen LogP contribution in [0, 0.1) is 0 Å². The third kappa shape index (κ3) is 2.59. The van der Waals surface area contributed by atoms with Gasteiger partial charge in [0.1, 0.15) is 11.3 Å². The van der Waals surface area contributed by atoms with Gasteiger partial charge in [-0.25, -0.2) is 0 Å². The van der Waals surface area contributed by atoms with E-state index in [2.05, 4.69) is 10.1 Å². The summed E-state index contributed by atoms with van der Waals surface area (Å²) in [5, 5.41) is 4.28. The van der Waals surface area contributed by atoms with Crippen LogP contribution < -0.4 is 15.0 Å². The number of aromatic nitrogens is 3. The Bertz CT molecular complexity index is 1120. The third-order valence-corrected chi connectivity index (χ3v) is 3.97. The van der Waals surface area contributed by atoms with E-state index in [0.29, 0.717) is 22.4 Å². The summed E-state index contributed by atoms with van der Waals surface area (Å²) in [6, 6.07) is 16.4. The second-order valence-electron chi connectivity index (χ2n) is 5.50. The van der Waals surface area contributed by atoms with Crippen molar-refractivity contribution in [2.24, 2.45) is 0 Å². The smallest absolute Gasteiger partial charge is 0.331 e. The van der Waals surface area contributed by atoms with Gasteiger partial charge in [0.05, 0.1) is 14.2 Å². The number of ether oxygens (including phenoxy) is 2. The van der Waals surface area contributed by atoms with Gasteiger partial charge in [-0.2, -0.15) is 4.98 Å². The summed E-state index contributed by atoms with van der Waals surface area (Å²) in [6.45, 7) is 0. The first kappa shape index (κ1) is 15.9. The highest BCUT2D eigenvalue weighted by Gasteiger charge is 2.20. The highest BCUT2D eigenvalue weighted by Crippen LogP contribution is 2.27. The van der Waals surface area contributed by atoms with Crippen LogP contribution >= 0.6 is 0 Å². The fraction of sp³-hybridized carbons (Fsp3) is 0.105. The van der Waals surface area contributed by atoms with Gasteiger partial charge >= 0.3 is 5.84 Å². The molecule has 0 fully saturated rings. The van der Waals surface area contributed by atoms with E-state index in [9.17, 15) is 4.79 Å². The van der Waals surface area contributed by atoms with Crippen LogP contribution in [0.15, 0.2) is 63.8 Å². The molecule has 0 aliphatic carbocycles. The van der Waals surface area contributed by atoms with E-state index in [1.807, 2.05) is 30.3 Å². The molecule has 0 atom stereocenters. The van der Waals surface area contributed by atoms with Crippen LogP contribution in [0.2, 0.25) is 0 Å². The first-order chi connectivity index (χ1) is 12.7. The van der Waals surface area contributed by atoms with Crippen molar-refractivity contribution in [1.82, 2.24) is 14.6 Å². The zero-order valence-electron chi connectivity index (χ0n) is 14.2. The Kier molecular flexibility index (Phi) is 3.89. The van der Waals surface area contributed by atoms with Gasteiger partial charge < -0.3 is 13.9 Å². The second-order valence-corrected chi connectivity index (χ2v) is 5.50. The predicted octanol–water partition coefficient (Wildman–Crippen LogP) is 3.03. The minimum Gasteiger partial charge on any atom is -0.497 e. The van der Waals surface area contributed by atoms with Gasteiger partial charge in [0.25, 0.3) is 5.56 Å². The molecule has 26 heavy (non-hydrogen) atoms. The van der Waals surface area contributed by atoms with Crippen LogP contribution in [0.4, 0.5) is 0 Å². The quantitative estimate of drug-likeness (QED) is 0.563. The number of benzene rings is 2. The maximum absolute atomic E-state index is 13.0. The molecule has 0 aliphatic heterocycles. The summed E-state index contributed by atoms with van der Waals surface area (Å²) < 4.78 is 17.3. The Balaban J connectivity index is 1.91. The molecule has 0 aliphatic rings. The normalized spacial score (nSPS) is 10.8. The molecule has 4 rings (SSSR count). The fourth-order valence-electron chi connectivity index (χ4n) is 2.68. The lowest BCUT2D eigenvalue weighted by Crippen LogP contribution is -2.18. The monoisotopic (exact) mass is 349 g/mol. The Morgan fingerprint density at radius 2 is 1.65 bits per heavy atom. The summed E-state index contributed by atoms with van der Waals surface area (Å²) in [6.07, 6.45) is 0. The van der Waals surface area contributed by atoms with Crippen LogP contribution in [-0.2, 0) is 0 Å². The standard InChI is InChI=1S/C19H15N3O4/c1-24-14-10-8-13(9-11-14)16-21-22-18(23)15(12-6-4-3-5-7-12)17(25-2)20-19(22)26-16/h3-11H,1-2H3. The van der Waals surface area contributed by atoms with E-state index in [1.54, 1.807) is 31.4 Å². The van der Waals surface area contributed by atoms with E-state index in [-0.39, 0.29) is 23.2 Å². The van der Waals surface area contributed by atoms with Crippen molar-refractivity contribution in [3.8, 4) is 34.2 Å². The number of methoxy groups -OCH3 is 2. The van der Waals surface area contributed by atoms with Gasteiger partial charge in [-0.15, -0.1) is 9.61 Å². The average Bonchev–Trinajstić information content (AvgIpc) is 3.13. The van der Waals surface area contributed by atoms with Crippen LogP contribution in [0.25, 0.3) is 28.4 Å². The van der Waals surface area contributed by atoms with Crippen molar-refractivity contribution < 1.29 is 13.9 Å². The summed E-state index contributed by atoms with van der Waals surface area (Å²) >= 11 is 0. The van der Waals surface area contributed by atoms with Crippen molar-refractivity contribution in [3.05, 3.63) is 65.0 Å². The minimum atomic E-state index is -0.360. The molecule has 2 aromatic carbocycles. The molecule has 0 saturated carbocycles. The van der Waals surface area contributed by atoms with Crippen molar-refractivity contribution in [3.63, 3.8) is 0 Å². The third-order valence-electron chi connectivity index (χ3n) is 3.97. The first-order valence-corrected chi connectivity index (χ1v) is 7.89. The van der Waals surface area contributed by atoms with Crippen molar-refractivity contribution in [2.45, 2.75) is 0 Å². The number of nitrogens with zero attached hydrogens (tertiary/aromatic N) is 3. The Hall–Kier alpha value is -3.61. The molecular weight excluding hydrogens is 334 g/mol. The number of rotatable bonds is 4. The molecule has 0 amide bonds. The maximum atomic E-state index is 13.0. The van der Waals surface area contributed by atoms with Crippen LogP contribution in [0.3, 0.4) is 0 Å². The van der Waals surface area contributed by atoms with E-state index in [4.69, 9.17) is 13.9 Å². The second kappa shape index (κ2) is 6.36. The molecule has 0 radical (unpaired) electrons. The lowest BCUT2D eigenvalue weighted by atomic mass is 10.1. The highest BCUT2D eigenvalue weighted by molar-refractivity contribution is 5.68. The molecule has 2 heterocycles. The molecular formula is C19H15N3O4. The van der Waals surface area contributed by atoms with Crippen LogP contribution in [0.1, 0.15) is 0 Å². The molecule has 0 unspecified atom stereocenters. The lowest BCUT2D eigenvalue weighted by Gasteiger charge is -2.05. The zero-order chi connectivity index (χ0) is 18.1. The highest BCUT2D eigenvalue weighted by atomic mass is 16.5. The zero-order valence-corrected chi connectivity index (χ0v) is 14.2. The van der Waals surface area contributed by atoms with Crippen molar-refractivity contribution in [1.29, 1.82) is 0 Å². The van der Waals surface area contributed by atoms with Crippen LogP contribution in [0.5, 0.6) is 11.6 Å². The van der Waals surface area contributed by atoms with Gasteiger partial charge in [-0.3, -0.25) is 4.79 Å². The largest absolute Gasteiger partial charge is 0.497 e. The topological polar surface area (TPSA) is 78.9 Å². The first-order valence-electron chi connectivity index (χ1n) is 7.89. The number of hydrogen-bond donors (Lipinski definition) is 0. The van der Waals surface area contributed by atoms with Crippen LogP contribution in [-0.4, -0.2) is 28.8 Å². The molecule has 130 valence electrons. The van der Waals surface area contributed by atoms with Gasteiger partial charge in [0.15, 0.2) is 0 Å². The molecule has 4 aromatic rings. The lowest BCUT2D eigenvalue weighted by molar-refractivity contribution is 0.396.